The number of unbranched alkanes of at least 4 members (excludes halogenated alkanes) is 2. The van der Waals surface area contributed by atoms with Crippen molar-refractivity contribution < 1.29 is 23.6 Å². The number of rotatable bonds is 6. The van der Waals surface area contributed by atoms with E-state index in [2.05, 4.69) is 33.8 Å². The highest BCUT2D eigenvalue weighted by Gasteiger charge is 2.45. The summed E-state index contributed by atoms with van der Waals surface area (Å²) in [4.78, 5) is 20.9. The Kier molecular flexibility index (Phi) is 5.77. The smallest absolute Gasteiger partial charge is 0.317 e. The average Bonchev–Trinajstić information content (AvgIpc) is 2.52. The van der Waals surface area contributed by atoms with E-state index in [0.717, 1.165) is 49.7 Å². The van der Waals surface area contributed by atoms with Crippen LogP contribution in [0.2, 0.25) is 0 Å². The van der Waals surface area contributed by atoms with Gasteiger partial charge in [-0.3, -0.25) is 4.57 Å². The number of phosphoric acid groups is 1. The molecule has 0 radical (unpaired) electrons. The Morgan fingerprint density at radius 3 is 2.78 bits per heavy atom. The number of allylic oxidation sites excluding steroid dienone is 2. The van der Waals surface area contributed by atoms with Crippen LogP contribution < -0.4 is 14.2 Å². The molecular weight excluding hydrogens is 363 g/mol. The first-order valence-electron chi connectivity index (χ1n) is 9.87. The molecular formula is C21H30O5P-. The first-order valence-corrected chi connectivity index (χ1v) is 11.4. The number of aryl methyl sites for hydroxylation is 1. The highest BCUT2D eigenvalue weighted by atomic mass is 31.2. The Balaban J connectivity index is 2.10. The molecule has 1 unspecified atom stereocenters. The molecule has 3 atom stereocenters. The standard InChI is InChI=1S/C21H31O5P/c1-5-6-7-8-15-12-18-20(19(13-15)26-27(22,23)24)16-11-14(2)9-10-17(16)21(3,4)25-18/h11-13,16-17H,5-10H2,1-4H3,(H2,22,23,24)/p-1/t16-,17-/m1/s1. The van der Waals surface area contributed by atoms with Crippen molar-refractivity contribution in [2.45, 2.75) is 77.7 Å². The van der Waals surface area contributed by atoms with Crippen LogP contribution in [-0.2, 0) is 11.0 Å². The molecule has 1 aliphatic heterocycles. The van der Waals surface area contributed by atoms with Gasteiger partial charge in [0, 0.05) is 17.4 Å². The summed E-state index contributed by atoms with van der Waals surface area (Å²) in [7, 11) is -4.91. The molecule has 1 heterocycles. The van der Waals surface area contributed by atoms with Crippen molar-refractivity contribution in [2.75, 3.05) is 0 Å². The molecule has 0 bridgehead atoms. The van der Waals surface area contributed by atoms with E-state index in [1.54, 1.807) is 6.07 Å². The van der Waals surface area contributed by atoms with Crippen molar-refractivity contribution in [3.63, 3.8) is 0 Å². The normalized spacial score (nSPS) is 25.5. The second-order valence-electron chi connectivity index (χ2n) is 8.41. The molecule has 27 heavy (non-hydrogen) atoms. The second-order valence-corrected chi connectivity index (χ2v) is 9.53. The molecule has 0 fully saturated rings. The van der Waals surface area contributed by atoms with Crippen molar-refractivity contribution in [1.82, 2.24) is 0 Å². The molecule has 0 spiro atoms. The lowest BCUT2D eigenvalue weighted by Gasteiger charge is -2.47. The van der Waals surface area contributed by atoms with E-state index in [9.17, 15) is 14.4 Å². The summed E-state index contributed by atoms with van der Waals surface area (Å²) in [5, 5.41) is 0. The maximum Gasteiger partial charge on any atom is 0.317 e. The summed E-state index contributed by atoms with van der Waals surface area (Å²) in [6, 6.07) is 3.77. The Morgan fingerprint density at radius 2 is 2.11 bits per heavy atom. The zero-order valence-corrected chi connectivity index (χ0v) is 17.6. The zero-order valence-electron chi connectivity index (χ0n) is 16.7. The van der Waals surface area contributed by atoms with E-state index < -0.39 is 7.82 Å². The van der Waals surface area contributed by atoms with E-state index in [0.29, 0.717) is 5.75 Å². The highest BCUT2D eigenvalue weighted by Crippen LogP contribution is 2.55. The van der Waals surface area contributed by atoms with Gasteiger partial charge in [0.25, 0.3) is 0 Å². The zero-order chi connectivity index (χ0) is 19.8. The third-order valence-corrected chi connectivity index (χ3v) is 6.22. The first kappa shape index (κ1) is 20.4. The number of benzene rings is 1. The van der Waals surface area contributed by atoms with Crippen LogP contribution in [-0.4, -0.2) is 10.5 Å². The summed E-state index contributed by atoms with van der Waals surface area (Å²) in [6.07, 6.45) is 8.23. The van der Waals surface area contributed by atoms with Gasteiger partial charge in [0.2, 0.25) is 0 Å². The topological polar surface area (TPSA) is 78.8 Å². The van der Waals surface area contributed by atoms with Gasteiger partial charge in [-0.15, -0.1) is 0 Å². The molecule has 0 saturated carbocycles. The van der Waals surface area contributed by atoms with Crippen molar-refractivity contribution in [3.05, 3.63) is 34.9 Å². The number of hydrogen-bond acceptors (Lipinski definition) is 4. The summed E-state index contributed by atoms with van der Waals surface area (Å²) in [6.45, 7) is 8.43. The van der Waals surface area contributed by atoms with Crippen LogP contribution in [0.1, 0.15) is 76.8 Å². The third-order valence-electron chi connectivity index (χ3n) is 5.79. The molecule has 1 aliphatic carbocycles. The third kappa shape index (κ3) is 4.59. The van der Waals surface area contributed by atoms with Crippen LogP contribution >= 0.6 is 7.82 Å². The highest BCUT2D eigenvalue weighted by molar-refractivity contribution is 7.45. The number of fused-ring (bicyclic) bond motifs is 3. The van der Waals surface area contributed by atoms with Gasteiger partial charge >= 0.3 is 7.82 Å². The number of ether oxygens (including phenoxy) is 1. The lowest BCUT2D eigenvalue weighted by Crippen LogP contribution is -2.45. The lowest BCUT2D eigenvalue weighted by atomic mass is 9.68. The maximum atomic E-state index is 11.5. The summed E-state index contributed by atoms with van der Waals surface area (Å²) < 4.78 is 22.9. The van der Waals surface area contributed by atoms with E-state index >= 15 is 0 Å². The van der Waals surface area contributed by atoms with Crippen LogP contribution in [0.25, 0.3) is 0 Å². The molecule has 3 rings (SSSR count). The average molecular weight is 393 g/mol. The van der Waals surface area contributed by atoms with Gasteiger partial charge in [-0.25, -0.2) is 0 Å². The lowest BCUT2D eigenvalue weighted by molar-refractivity contribution is -0.211. The molecule has 1 N–H and O–H groups in total. The SMILES string of the molecule is CCCCCc1cc2c(c(OP(=O)([O-])O)c1)[C@@H]1C=C(C)CC[C@H]1C(C)(C)O2. The summed E-state index contributed by atoms with van der Waals surface area (Å²) >= 11 is 0. The van der Waals surface area contributed by atoms with Gasteiger partial charge in [-0.05, 0) is 64.2 Å². The maximum absolute atomic E-state index is 11.5. The Bertz CT molecular complexity index is 777. The number of hydrogen-bond donors (Lipinski definition) is 1. The molecule has 0 saturated heterocycles. The van der Waals surface area contributed by atoms with Crippen LogP contribution in [0, 0.1) is 5.92 Å². The van der Waals surface area contributed by atoms with Gasteiger partial charge < -0.3 is 19.0 Å². The minimum absolute atomic E-state index is 0.0174. The molecule has 2 aliphatic rings. The number of phosphoric ester groups is 1. The second kappa shape index (κ2) is 7.62. The van der Waals surface area contributed by atoms with Crippen molar-refractivity contribution in [1.29, 1.82) is 0 Å². The van der Waals surface area contributed by atoms with Crippen molar-refractivity contribution in [3.8, 4) is 11.5 Å². The Hall–Kier alpha value is -1.29. The van der Waals surface area contributed by atoms with Crippen LogP contribution in [0.15, 0.2) is 23.8 Å². The van der Waals surface area contributed by atoms with E-state index in [-0.39, 0.29) is 23.2 Å². The van der Waals surface area contributed by atoms with Crippen LogP contribution in [0.4, 0.5) is 0 Å². The van der Waals surface area contributed by atoms with Crippen LogP contribution in [0.5, 0.6) is 11.5 Å². The molecule has 5 nitrogen and oxygen atoms in total. The van der Waals surface area contributed by atoms with Gasteiger partial charge in [0.15, 0.2) is 0 Å². The van der Waals surface area contributed by atoms with Gasteiger partial charge in [-0.2, -0.15) is 0 Å². The van der Waals surface area contributed by atoms with E-state index in [1.807, 2.05) is 6.07 Å². The molecule has 1 aromatic carbocycles. The van der Waals surface area contributed by atoms with Crippen molar-refractivity contribution in [2.24, 2.45) is 5.92 Å². The Labute approximate surface area is 162 Å². The van der Waals surface area contributed by atoms with E-state index in [1.165, 1.54) is 5.57 Å². The van der Waals surface area contributed by atoms with Crippen LogP contribution in [0.3, 0.4) is 0 Å². The van der Waals surface area contributed by atoms with Gasteiger partial charge in [-0.1, -0.05) is 31.4 Å². The molecule has 1 aromatic rings. The minimum atomic E-state index is -4.91. The fraction of sp³-hybridized carbons (Fsp3) is 0.619. The quantitative estimate of drug-likeness (QED) is 0.424. The predicted molar refractivity (Wildman–Crippen MR) is 104 cm³/mol. The molecule has 0 amide bonds. The van der Waals surface area contributed by atoms with Gasteiger partial charge in [0.1, 0.15) is 17.1 Å². The molecule has 6 heteroatoms. The fourth-order valence-electron chi connectivity index (χ4n) is 4.48. The predicted octanol–water partition coefficient (Wildman–Crippen LogP) is 4.87. The molecule has 150 valence electrons. The van der Waals surface area contributed by atoms with Gasteiger partial charge in [0.05, 0.1) is 0 Å². The van der Waals surface area contributed by atoms with E-state index in [4.69, 9.17) is 9.26 Å². The summed E-state index contributed by atoms with van der Waals surface area (Å²) in [5.41, 5.74) is 2.64. The fourth-order valence-corrected chi connectivity index (χ4v) is 4.88. The minimum Gasteiger partial charge on any atom is -0.746 e. The van der Waals surface area contributed by atoms with Crippen molar-refractivity contribution >= 4 is 7.82 Å². The molecule has 0 aromatic heterocycles. The Morgan fingerprint density at radius 1 is 1.37 bits per heavy atom. The largest absolute Gasteiger partial charge is 0.746 e. The first-order chi connectivity index (χ1) is 12.6. The monoisotopic (exact) mass is 393 g/mol. The summed E-state index contributed by atoms with van der Waals surface area (Å²) in [5.74, 6) is 1.12.